The van der Waals surface area contributed by atoms with E-state index in [0.29, 0.717) is 0 Å². The van der Waals surface area contributed by atoms with Gasteiger partial charge in [0.15, 0.2) is 0 Å². The van der Waals surface area contributed by atoms with Crippen LogP contribution < -0.4 is 0 Å². The summed E-state index contributed by atoms with van der Waals surface area (Å²) in [6, 6.07) is -1.02. The summed E-state index contributed by atoms with van der Waals surface area (Å²) in [5.41, 5.74) is -0.716. The lowest BCUT2D eigenvalue weighted by molar-refractivity contribution is -0.142. The van der Waals surface area contributed by atoms with Crippen LogP contribution in [0.1, 0.15) is 27.2 Å². The van der Waals surface area contributed by atoms with Gasteiger partial charge in [0.2, 0.25) is 0 Å². The van der Waals surface area contributed by atoms with E-state index in [2.05, 4.69) is 0 Å². The van der Waals surface area contributed by atoms with Gasteiger partial charge in [-0.05, 0) is 20.8 Å². The van der Waals surface area contributed by atoms with Crippen molar-refractivity contribution in [3.05, 3.63) is 0 Å². The molecule has 1 unspecified atom stereocenters. The summed E-state index contributed by atoms with van der Waals surface area (Å²) in [5, 5.41) is 27.1. The Balaban J connectivity index is 2.65. The number of aliphatic hydroxyl groups is 2. The molecule has 1 fully saturated rings. The number of hydrogen-bond acceptors (Lipinski definition) is 6. The van der Waals surface area contributed by atoms with Crippen LogP contribution in [-0.2, 0) is 14.3 Å². The number of aliphatic carboxylic acids is 1. The van der Waals surface area contributed by atoms with Crippen LogP contribution in [0.3, 0.4) is 0 Å². The van der Waals surface area contributed by atoms with Crippen molar-refractivity contribution in [3.63, 3.8) is 0 Å². The van der Waals surface area contributed by atoms with Gasteiger partial charge < -0.3 is 24.8 Å². The van der Waals surface area contributed by atoms with E-state index in [9.17, 15) is 19.8 Å². The van der Waals surface area contributed by atoms with Crippen molar-refractivity contribution in [2.75, 3.05) is 19.8 Å². The standard InChI is InChI=1S/C13H23NO7/c1-13(2,3)21-12(19)14-5-9(4-10(14)11(17)18)20-7-8(16)6-15/h8-10,15-16H,4-7H2,1-3H3,(H,17,18)/t8?,9-,10-/m1/s1. The van der Waals surface area contributed by atoms with E-state index < -0.39 is 42.5 Å². The predicted molar refractivity (Wildman–Crippen MR) is 71.8 cm³/mol. The highest BCUT2D eigenvalue weighted by atomic mass is 16.6. The van der Waals surface area contributed by atoms with Crippen LogP contribution in [0, 0.1) is 0 Å². The van der Waals surface area contributed by atoms with E-state index >= 15 is 0 Å². The molecule has 3 N–H and O–H groups in total. The third-order valence-electron chi connectivity index (χ3n) is 2.91. The maximum atomic E-state index is 12.0. The number of carboxylic acids is 1. The van der Waals surface area contributed by atoms with E-state index in [0.717, 1.165) is 4.90 Å². The first-order chi connectivity index (χ1) is 9.64. The quantitative estimate of drug-likeness (QED) is 0.645. The molecule has 0 saturated carbocycles. The highest BCUT2D eigenvalue weighted by Crippen LogP contribution is 2.23. The molecule has 1 amide bonds. The molecule has 1 aliphatic heterocycles. The molecule has 0 radical (unpaired) electrons. The van der Waals surface area contributed by atoms with Crippen molar-refractivity contribution in [3.8, 4) is 0 Å². The van der Waals surface area contributed by atoms with E-state index in [4.69, 9.17) is 14.6 Å². The molecule has 0 aliphatic carbocycles. The second-order valence-corrected chi connectivity index (χ2v) is 6.01. The molecule has 8 heteroatoms. The number of ether oxygens (including phenoxy) is 2. The Hall–Kier alpha value is -1.38. The second kappa shape index (κ2) is 7.06. The Morgan fingerprint density at radius 2 is 2.00 bits per heavy atom. The molecule has 0 spiro atoms. The highest BCUT2D eigenvalue weighted by Gasteiger charge is 2.42. The summed E-state index contributed by atoms with van der Waals surface area (Å²) in [7, 11) is 0. The van der Waals surface area contributed by atoms with Crippen molar-refractivity contribution < 1.29 is 34.4 Å². The zero-order valence-electron chi connectivity index (χ0n) is 12.5. The van der Waals surface area contributed by atoms with Crippen molar-refractivity contribution in [1.82, 2.24) is 4.90 Å². The normalized spacial score (nSPS) is 24.0. The van der Waals surface area contributed by atoms with Crippen LogP contribution in [0.25, 0.3) is 0 Å². The molecule has 0 aromatic rings. The van der Waals surface area contributed by atoms with Gasteiger partial charge in [-0.3, -0.25) is 4.90 Å². The Morgan fingerprint density at radius 1 is 1.38 bits per heavy atom. The van der Waals surface area contributed by atoms with Gasteiger partial charge in [-0.2, -0.15) is 0 Å². The molecule has 8 nitrogen and oxygen atoms in total. The van der Waals surface area contributed by atoms with E-state index in [1.165, 1.54) is 0 Å². The van der Waals surface area contributed by atoms with Crippen LogP contribution in [0.5, 0.6) is 0 Å². The zero-order valence-corrected chi connectivity index (χ0v) is 12.5. The van der Waals surface area contributed by atoms with Gasteiger partial charge >= 0.3 is 12.1 Å². The largest absolute Gasteiger partial charge is 0.480 e. The molecule has 21 heavy (non-hydrogen) atoms. The van der Waals surface area contributed by atoms with Gasteiger partial charge in [0.05, 0.1) is 25.9 Å². The summed E-state index contributed by atoms with van der Waals surface area (Å²) in [4.78, 5) is 24.4. The summed E-state index contributed by atoms with van der Waals surface area (Å²) in [6.07, 6.45) is -2.13. The molecule has 0 aromatic heterocycles. The number of carboxylic acid groups (broad SMARTS) is 1. The number of carbonyl (C=O) groups excluding carboxylic acids is 1. The zero-order chi connectivity index (χ0) is 16.2. The predicted octanol–water partition coefficient (Wildman–Crippen LogP) is -0.181. The second-order valence-electron chi connectivity index (χ2n) is 6.01. The van der Waals surface area contributed by atoms with Gasteiger partial charge in [0, 0.05) is 6.42 Å². The van der Waals surface area contributed by atoms with Crippen LogP contribution in [0.2, 0.25) is 0 Å². The molecular formula is C13H23NO7. The van der Waals surface area contributed by atoms with Gasteiger partial charge in [-0.15, -0.1) is 0 Å². The number of hydrogen-bond donors (Lipinski definition) is 3. The SMILES string of the molecule is CC(C)(C)OC(=O)N1C[C@H](OCC(O)CO)C[C@@H]1C(=O)O. The van der Waals surface area contributed by atoms with Gasteiger partial charge in [-0.25, -0.2) is 9.59 Å². The first-order valence-corrected chi connectivity index (χ1v) is 6.77. The van der Waals surface area contributed by atoms with Gasteiger partial charge in [0.25, 0.3) is 0 Å². The van der Waals surface area contributed by atoms with Crippen molar-refractivity contribution >= 4 is 12.1 Å². The van der Waals surface area contributed by atoms with Crippen LogP contribution in [0.15, 0.2) is 0 Å². The molecule has 3 atom stereocenters. The highest BCUT2D eigenvalue weighted by molar-refractivity contribution is 5.81. The van der Waals surface area contributed by atoms with Gasteiger partial charge in [-0.1, -0.05) is 0 Å². The molecule has 0 aromatic carbocycles. The maximum Gasteiger partial charge on any atom is 0.411 e. The molecular weight excluding hydrogens is 282 g/mol. The Kier molecular flexibility index (Phi) is 5.94. The lowest BCUT2D eigenvalue weighted by atomic mass is 10.2. The summed E-state index contributed by atoms with van der Waals surface area (Å²) in [6.45, 7) is 4.61. The molecule has 1 heterocycles. The number of amides is 1. The fourth-order valence-electron chi connectivity index (χ4n) is 1.97. The Morgan fingerprint density at radius 3 is 2.48 bits per heavy atom. The molecule has 0 bridgehead atoms. The molecule has 1 rings (SSSR count). The molecule has 1 aliphatic rings. The average Bonchev–Trinajstić information content (AvgIpc) is 2.78. The third-order valence-corrected chi connectivity index (χ3v) is 2.91. The van der Waals surface area contributed by atoms with Crippen molar-refractivity contribution in [2.45, 2.75) is 51.0 Å². The van der Waals surface area contributed by atoms with Crippen molar-refractivity contribution in [2.24, 2.45) is 0 Å². The fraction of sp³-hybridized carbons (Fsp3) is 0.846. The summed E-state index contributed by atoms with van der Waals surface area (Å²) < 4.78 is 10.5. The van der Waals surface area contributed by atoms with Crippen LogP contribution in [0.4, 0.5) is 4.79 Å². The summed E-state index contributed by atoms with van der Waals surface area (Å²) >= 11 is 0. The Bertz CT molecular complexity index is 379. The lowest BCUT2D eigenvalue weighted by Crippen LogP contribution is -2.43. The lowest BCUT2D eigenvalue weighted by Gasteiger charge is -2.26. The minimum atomic E-state index is -1.13. The number of nitrogens with zero attached hydrogens (tertiary/aromatic N) is 1. The van der Waals surface area contributed by atoms with Crippen LogP contribution >= 0.6 is 0 Å². The number of likely N-dealkylation sites (tertiary alicyclic amines) is 1. The minimum absolute atomic E-state index is 0.0734. The summed E-state index contributed by atoms with van der Waals surface area (Å²) in [5.74, 6) is -1.13. The number of aliphatic hydroxyl groups excluding tert-OH is 2. The van der Waals surface area contributed by atoms with Gasteiger partial charge in [0.1, 0.15) is 17.7 Å². The smallest absolute Gasteiger partial charge is 0.411 e. The maximum absolute atomic E-state index is 12.0. The Labute approximate surface area is 123 Å². The minimum Gasteiger partial charge on any atom is -0.480 e. The number of carbonyl (C=O) groups is 2. The first kappa shape index (κ1) is 17.7. The third kappa shape index (κ3) is 5.49. The van der Waals surface area contributed by atoms with E-state index in [1.807, 2.05) is 0 Å². The monoisotopic (exact) mass is 305 g/mol. The van der Waals surface area contributed by atoms with Crippen LogP contribution in [-0.4, -0.2) is 75.9 Å². The fourth-order valence-corrected chi connectivity index (χ4v) is 1.97. The van der Waals surface area contributed by atoms with Crippen molar-refractivity contribution in [1.29, 1.82) is 0 Å². The molecule has 1 saturated heterocycles. The average molecular weight is 305 g/mol. The first-order valence-electron chi connectivity index (χ1n) is 6.77. The van der Waals surface area contributed by atoms with E-state index in [-0.39, 0.29) is 19.6 Å². The van der Waals surface area contributed by atoms with E-state index in [1.54, 1.807) is 20.8 Å². The topological polar surface area (TPSA) is 117 Å². The molecule has 122 valence electrons. The number of rotatable bonds is 5.